The number of carbonyl (C=O) groups is 2. The number of rotatable bonds is 7. The Morgan fingerprint density at radius 2 is 1.72 bits per heavy atom. The van der Waals surface area contributed by atoms with E-state index < -0.39 is 0 Å². The van der Waals surface area contributed by atoms with Crippen molar-refractivity contribution >= 4 is 17.5 Å². The summed E-state index contributed by atoms with van der Waals surface area (Å²) in [4.78, 5) is 24.3. The summed E-state index contributed by atoms with van der Waals surface area (Å²) in [5.41, 5.74) is 3.07. The minimum atomic E-state index is -0.310. The van der Waals surface area contributed by atoms with E-state index in [1.54, 1.807) is 24.3 Å². The first-order valence-corrected chi connectivity index (χ1v) is 8.37. The molecule has 132 valence electrons. The van der Waals surface area contributed by atoms with Crippen LogP contribution in [0.3, 0.4) is 0 Å². The minimum Gasteiger partial charge on any atom is -0.484 e. The summed E-state index contributed by atoms with van der Waals surface area (Å²) < 4.78 is 5.55. The van der Waals surface area contributed by atoms with Crippen LogP contribution in [0.15, 0.2) is 42.5 Å². The second-order valence-electron chi connectivity index (χ2n) is 5.96. The van der Waals surface area contributed by atoms with E-state index in [1.165, 1.54) is 0 Å². The number of hydrogen-bond acceptors (Lipinski definition) is 3. The molecule has 0 fully saturated rings. The Morgan fingerprint density at radius 3 is 2.40 bits per heavy atom. The molecule has 0 aliphatic heterocycles. The maximum atomic E-state index is 12.2. The van der Waals surface area contributed by atoms with E-state index in [9.17, 15) is 9.59 Å². The quantitative estimate of drug-likeness (QED) is 0.811. The number of anilines is 1. The maximum absolute atomic E-state index is 12.2. The molecular weight excluding hydrogens is 316 g/mol. The van der Waals surface area contributed by atoms with Gasteiger partial charge in [-0.05, 0) is 55.7 Å². The van der Waals surface area contributed by atoms with Crippen molar-refractivity contribution < 1.29 is 14.3 Å². The average Bonchev–Trinajstić information content (AvgIpc) is 2.57. The monoisotopic (exact) mass is 340 g/mol. The second-order valence-corrected chi connectivity index (χ2v) is 5.96. The van der Waals surface area contributed by atoms with Gasteiger partial charge in [0.05, 0.1) is 11.3 Å². The van der Waals surface area contributed by atoms with Crippen LogP contribution >= 0.6 is 0 Å². The number of hydrogen-bond donors (Lipinski definition) is 2. The number of ether oxygens (including phenoxy) is 1. The van der Waals surface area contributed by atoms with Gasteiger partial charge in [-0.25, -0.2) is 0 Å². The zero-order chi connectivity index (χ0) is 18.2. The fraction of sp³-hybridized carbons (Fsp3) is 0.300. The Bertz CT molecular complexity index is 736. The first kappa shape index (κ1) is 18.5. The minimum absolute atomic E-state index is 0.117. The molecule has 2 rings (SSSR count). The molecule has 0 saturated heterocycles. The Morgan fingerprint density at radius 1 is 1.04 bits per heavy atom. The van der Waals surface area contributed by atoms with Crippen molar-refractivity contribution in [2.45, 2.75) is 27.2 Å². The van der Waals surface area contributed by atoms with Gasteiger partial charge in [0.2, 0.25) is 0 Å². The Labute approximate surface area is 148 Å². The highest BCUT2D eigenvalue weighted by Gasteiger charge is 2.13. The van der Waals surface area contributed by atoms with E-state index in [4.69, 9.17) is 4.74 Å². The van der Waals surface area contributed by atoms with Crippen molar-refractivity contribution in [2.24, 2.45) is 0 Å². The molecule has 0 unspecified atom stereocenters. The van der Waals surface area contributed by atoms with Gasteiger partial charge in [-0.3, -0.25) is 9.59 Å². The van der Waals surface area contributed by atoms with Crippen molar-refractivity contribution in [3.63, 3.8) is 0 Å². The van der Waals surface area contributed by atoms with Crippen LogP contribution in [0.1, 0.15) is 34.8 Å². The Kier molecular flexibility index (Phi) is 6.57. The molecule has 5 nitrogen and oxygen atoms in total. The normalized spacial score (nSPS) is 10.2. The first-order valence-electron chi connectivity index (χ1n) is 8.37. The molecule has 5 heteroatoms. The van der Waals surface area contributed by atoms with Crippen LogP contribution in [-0.2, 0) is 4.79 Å². The van der Waals surface area contributed by atoms with Crippen molar-refractivity contribution in [1.82, 2.24) is 5.32 Å². The molecule has 2 amide bonds. The molecule has 0 aliphatic rings. The Hall–Kier alpha value is -2.82. The van der Waals surface area contributed by atoms with Gasteiger partial charge < -0.3 is 15.4 Å². The lowest BCUT2D eigenvalue weighted by molar-refractivity contribution is -0.118. The molecule has 2 aromatic carbocycles. The molecular formula is C20H24N2O3. The summed E-state index contributed by atoms with van der Waals surface area (Å²) in [7, 11) is 0. The van der Waals surface area contributed by atoms with E-state index >= 15 is 0 Å². The molecule has 25 heavy (non-hydrogen) atoms. The van der Waals surface area contributed by atoms with E-state index in [2.05, 4.69) is 10.6 Å². The summed E-state index contributed by atoms with van der Waals surface area (Å²) in [5.74, 6) is 0.143. The van der Waals surface area contributed by atoms with Gasteiger partial charge in [0.1, 0.15) is 5.75 Å². The van der Waals surface area contributed by atoms with Gasteiger partial charge in [-0.2, -0.15) is 0 Å². The molecule has 2 aromatic rings. The third-order valence-electron chi connectivity index (χ3n) is 3.55. The molecule has 0 aliphatic carbocycles. The molecule has 0 bridgehead atoms. The zero-order valence-electron chi connectivity index (χ0n) is 14.9. The second kappa shape index (κ2) is 8.87. The van der Waals surface area contributed by atoms with Gasteiger partial charge in [0.15, 0.2) is 6.61 Å². The van der Waals surface area contributed by atoms with E-state index in [0.29, 0.717) is 23.5 Å². The fourth-order valence-corrected chi connectivity index (χ4v) is 2.48. The van der Waals surface area contributed by atoms with Crippen LogP contribution in [0.5, 0.6) is 5.75 Å². The largest absolute Gasteiger partial charge is 0.484 e. The van der Waals surface area contributed by atoms with Gasteiger partial charge in [-0.15, -0.1) is 0 Å². The number of para-hydroxylation sites is 1. The highest BCUT2D eigenvalue weighted by molar-refractivity contribution is 6.04. The average molecular weight is 340 g/mol. The van der Waals surface area contributed by atoms with Crippen molar-refractivity contribution in [1.29, 1.82) is 0 Å². The predicted molar refractivity (Wildman–Crippen MR) is 99.1 cm³/mol. The Balaban J connectivity index is 1.99. The van der Waals surface area contributed by atoms with Crippen LogP contribution in [-0.4, -0.2) is 25.0 Å². The molecule has 0 radical (unpaired) electrons. The summed E-state index contributed by atoms with van der Waals surface area (Å²) in [6.07, 6.45) is 0.851. The van der Waals surface area contributed by atoms with Crippen molar-refractivity contribution in [3.8, 4) is 5.75 Å². The van der Waals surface area contributed by atoms with E-state index in [-0.39, 0.29) is 18.4 Å². The molecule has 0 aromatic heterocycles. The predicted octanol–water partition coefficient (Wildman–Crippen LogP) is 3.46. The van der Waals surface area contributed by atoms with Crippen LogP contribution in [0.4, 0.5) is 5.69 Å². The number of benzene rings is 2. The van der Waals surface area contributed by atoms with Crippen LogP contribution < -0.4 is 15.4 Å². The lowest BCUT2D eigenvalue weighted by Crippen LogP contribution is -2.27. The lowest BCUT2D eigenvalue weighted by atomic mass is 10.1. The highest BCUT2D eigenvalue weighted by atomic mass is 16.5. The standard InChI is InChI=1S/C20H24N2O3/c1-4-9-21-20(24)17-7-5-6-8-18(17)22-19(23)13-25-16-11-14(2)10-15(3)12-16/h5-8,10-12H,4,9,13H2,1-3H3,(H,21,24)(H,22,23). The number of nitrogens with one attached hydrogen (secondary N) is 2. The molecule has 0 saturated carbocycles. The van der Waals surface area contributed by atoms with Gasteiger partial charge in [-0.1, -0.05) is 25.1 Å². The van der Waals surface area contributed by atoms with Crippen LogP contribution in [0, 0.1) is 13.8 Å². The highest BCUT2D eigenvalue weighted by Crippen LogP contribution is 2.17. The smallest absolute Gasteiger partial charge is 0.262 e. The number of aryl methyl sites for hydroxylation is 2. The third-order valence-corrected chi connectivity index (χ3v) is 3.55. The number of carbonyl (C=O) groups excluding carboxylic acids is 2. The zero-order valence-corrected chi connectivity index (χ0v) is 14.9. The number of amides is 2. The topological polar surface area (TPSA) is 67.4 Å². The summed E-state index contributed by atoms with van der Waals surface area (Å²) in [6.45, 7) is 6.42. The summed E-state index contributed by atoms with van der Waals surface area (Å²) >= 11 is 0. The van der Waals surface area contributed by atoms with Crippen LogP contribution in [0.2, 0.25) is 0 Å². The first-order chi connectivity index (χ1) is 12.0. The van der Waals surface area contributed by atoms with Crippen molar-refractivity contribution in [3.05, 3.63) is 59.2 Å². The van der Waals surface area contributed by atoms with Crippen LogP contribution in [0.25, 0.3) is 0 Å². The van der Waals surface area contributed by atoms with Gasteiger partial charge in [0.25, 0.3) is 11.8 Å². The summed E-state index contributed by atoms with van der Waals surface area (Å²) in [5, 5.41) is 5.55. The molecule has 0 heterocycles. The molecule has 0 spiro atoms. The lowest BCUT2D eigenvalue weighted by Gasteiger charge is -2.12. The maximum Gasteiger partial charge on any atom is 0.262 e. The van der Waals surface area contributed by atoms with E-state index in [1.807, 2.05) is 39.0 Å². The fourth-order valence-electron chi connectivity index (χ4n) is 2.48. The molecule has 0 atom stereocenters. The van der Waals surface area contributed by atoms with Crippen molar-refractivity contribution in [2.75, 3.05) is 18.5 Å². The van der Waals surface area contributed by atoms with E-state index in [0.717, 1.165) is 17.5 Å². The van der Waals surface area contributed by atoms with Gasteiger partial charge >= 0.3 is 0 Å². The molecule has 2 N–H and O–H groups in total. The van der Waals surface area contributed by atoms with Gasteiger partial charge in [0, 0.05) is 6.54 Å². The SMILES string of the molecule is CCCNC(=O)c1ccccc1NC(=O)COc1cc(C)cc(C)c1. The summed E-state index contributed by atoms with van der Waals surface area (Å²) in [6, 6.07) is 12.7. The third kappa shape index (κ3) is 5.64.